The van der Waals surface area contributed by atoms with E-state index in [0.717, 1.165) is 22.3 Å². The summed E-state index contributed by atoms with van der Waals surface area (Å²) in [7, 11) is 2.09. The number of rotatable bonds is 4. The Balaban J connectivity index is 1.63. The summed E-state index contributed by atoms with van der Waals surface area (Å²) in [6.07, 6.45) is 10.3. The molecular weight excluding hydrogens is 336 g/mol. The van der Waals surface area contributed by atoms with Crippen LogP contribution in [0.5, 0.6) is 11.5 Å². The molecular formula is C23H22N2O2. The van der Waals surface area contributed by atoms with E-state index in [1.54, 1.807) is 12.3 Å². The van der Waals surface area contributed by atoms with Crippen molar-refractivity contribution in [3.05, 3.63) is 71.9 Å². The van der Waals surface area contributed by atoms with Gasteiger partial charge in [0.05, 0.1) is 12.6 Å². The highest BCUT2D eigenvalue weighted by molar-refractivity contribution is 5.91. The van der Waals surface area contributed by atoms with Gasteiger partial charge < -0.3 is 14.7 Å². The quantitative estimate of drug-likeness (QED) is 0.722. The highest BCUT2D eigenvalue weighted by Gasteiger charge is 2.17. The topological polar surface area (TPSA) is 45.6 Å². The molecule has 27 heavy (non-hydrogen) atoms. The van der Waals surface area contributed by atoms with Gasteiger partial charge >= 0.3 is 0 Å². The minimum Gasteiger partial charge on any atom is -0.506 e. The maximum Gasteiger partial charge on any atom is 0.141 e. The molecule has 0 aliphatic carbocycles. The van der Waals surface area contributed by atoms with Crippen LogP contribution in [0, 0.1) is 0 Å². The normalized spacial score (nSPS) is 16.1. The number of likely N-dealkylation sites (N-methyl/N-ethyl adjacent to an activating group) is 1. The number of hydrogen-bond donors (Lipinski definition) is 1. The summed E-state index contributed by atoms with van der Waals surface area (Å²) in [5, 5.41) is 11.0. The summed E-state index contributed by atoms with van der Waals surface area (Å²) < 4.78 is 5.60. The van der Waals surface area contributed by atoms with Crippen LogP contribution in [0.2, 0.25) is 0 Å². The van der Waals surface area contributed by atoms with Crippen LogP contribution in [0.1, 0.15) is 18.1 Å². The Bertz CT molecular complexity index is 1040. The Morgan fingerprint density at radius 3 is 2.96 bits per heavy atom. The summed E-state index contributed by atoms with van der Waals surface area (Å²) in [5.41, 5.74) is 4.00. The lowest BCUT2D eigenvalue weighted by atomic mass is 10.0. The SMILES string of the molecule is CCOc1ccc2c(c1)C=CC(/C=C/c1ccnc3c(O)cccc13)N2C. The lowest BCUT2D eigenvalue weighted by Crippen LogP contribution is -2.30. The summed E-state index contributed by atoms with van der Waals surface area (Å²) in [5.74, 6) is 1.10. The van der Waals surface area contributed by atoms with Gasteiger partial charge in [0.1, 0.15) is 17.0 Å². The second-order valence-electron chi connectivity index (χ2n) is 6.55. The summed E-state index contributed by atoms with van der Waals surface area (Å²) in [6.45, 7) is 2.66. The molecule has 0 radical (unpaired) electrons. The number of phenolic OH excluding ortho intramolecular Hbond substituents is 1. The summed E-state index contributed by atoms with van der Waals surface area (Å²) in [6, 6.07) is 13.8. The van der Waals surface area contributed by atoms with Gasteiger partial charge in [-0.3, -0.25) is 4.98 Å². The number of para-hydroxylation sites is 1. The molecule has 1 aliphatic heterocycles. The number of pyridine rings is 1. The first-order chi connectivity index (χ1) is 13.2. The van der Waals surface area contributed by atoms with Crippen molar-refractivity contribution in [2.24, 2.45) is 0 Å². The van der Waals surface area contributed by atoms with Crippen LogP contribution in [0.15, 0.2) is 60.8 Å². The third kappa shape index (κ3) is 3.26. The van der Waals surface area contributed by atoms with Gasteiger partial charge in [-0.05, 0) is 42.8 Å². The van der Waals surface area contributed by atoms with Gasteiger partial charge in [-0.25, -0.2) is 0 Å². The number of phenols is 1. The maximum atomic E-state index is 10.0. The second-order valence-corrected chi connectivity index (χ2v) is 6.55. The fourth-order valence-electron chi connectivity index (χ4n) is 3.46. The molecule has 0 spiro atoms. The van der Waals surface area contributed by atoms with Gasteiger partial charge in [0.15, 0.2) is 0 Å². The minimum absolute atomic E-state index is 0.149. The van der Waals surface area contributed by atoms with Crippen LogP contribution in [0.4, 0.5) is 5.69 Å². The molecule has 0 amide bonds. The van der Waals surface area contributed by atoms with E-state index in [9.17, 15) is 5.11 Å². The molecule has 1 N–H and O–H groups in total. The fourth-order valence-corrected chi connectivity index (χ4v) is 3.46. The van der Waals surface area contributed by atoms with Crippen LogP contribution in [-0.2, 0) is 0 Å². The molecule has 2 heterocycles. The Kier molecular flexibility index (Phi) is 4.55. The van der Waals surface area contributed by atoms with Crippen LogP contribution in [-0.4, -0.2) is 29.8 Å². The van der Waals surface area contributed by atoms with Crippen molar-refractivity contribution >= 4 is 28.7 Å². The molecule has 1 aromatic heterocycles. The second kappa shape index (κ2) is 7.16. The van der Waals surface area contributed by atoms with E-state index < -0.39 is 0 Å². The first-order valence-corrected chi connectivity index (χ1v) is 9.10. The van der Waals surface area contributed by atoms with Crippen molar-refractivity contribution in [1.82, 2.24) is 4.98 Å². The van der Waals surface area contributed by atoms with E-state index in [1.807, 2.05) is 31.2 Å². The van der Waals surface area contributed by atoms with Gasteiger partial charge in [-0.15, -0.1) is 0 Å². The molecule has 1 unspecified atom stereocenters. The summed E-state index contributed by atoms with van der Waals surface area (Å²) in [4.78, 5) is 6.52. The maximum absolute atomic E-state index is 10.0. The number of nitrogens with zero attached hydrogens (tertiary/aromatic N) is 2. The molecule has 0 fully saturated rings. The van der Waals surface area contributed by atoms with Gasteiger partial charge in [0, 0.05) is 29.9 Å². The van der Waals surface area contributed by atoms with Crippen LogP contribution in [0.3, 0.4) is 0 Å². The van der Waals surface area contributed by atoms with Gasteiger partial charge in [-0.2, -0.15) is 0 Å². The largest absolute Gasteiger partial charge is 0.506 e. The van der Waals surface area contributed by atoms with Crippen LogP contribution >= 0.6 is 0 Å². The van der Waals surface area contributed by atoms with E-state index in [1.165, 1.54) is 5.69 Å². The van der Waals surface area contributed by atoms with Crippen molar-refractivity contribution in [3.8, 4) is 11.5 Å². The number of aromatic nitrogens is 1. The molecule has 3 aromatic rings. The van der Waals surface area contributed by atoms with Gasteiger partial charge in [0.25, 0.3) is 0 Å². The summed E-state index contributed by atoms with van der Waals surface area (Å²) >= 11 is 0. The Morgan fingerprint density at radius 2 is 2.11 bits per heavy atom. The van der Waals surface area contributed by atoms with Crippen molar-refractivity contribution in [2.75, 3.05) is 18.6 Å². The zero-order chi connectivity index (χ0) is 18.8. The predicted octanol–water partition coefficient (Wildman–Crippen LogP) is 4.88. The van der Waals surface area contributed by atoms with E-state index in [4.69, 9.17) is 4.74 Å². The Labute approximate surface area is 159 Å². The smallest absolute Gasteiger partial charge is 0.141 e. The first-order valence-electron chi connectivity index (χ1n) is 9.10. The highest BCUT2D eigenvalue weighted by Crippen LogP contribution is 2.32. The van der Waals surface area contributed by atoms with Crippen molar-refractivity contribution in [3.63, 3.8) is 0 Å². The molecule has 1 atom stereocenters. The number of aromatic hydroxyl groups is 1. The lowest BCUT2D eigenvalue weighted by molar-refractivity contribution is 0.340. The molecule has 0 saturated heterocycles. The Morgan fingerprint density at radius 1 is 1.22 bits per heavy atom. The Hall–Kier alpha value is -3.27. The van der Waals surface area contributed by atoms with Gasteiger partial charge in [0.2, 0.25) is 0 Å². The molecule has 2 aromatic carbocycles. The standard InChI is InChI=1S/C23H22N2O2/c1-3-27-19-11-12-21-17(15-19)8-10-18(25(21)2)9-7-16-13-14-24-23-20(16)5-4-6-22(23)26/h4-15,18,26H,3H2,1-2H3/b9-7+. The van der Waals surface area contributed by atoms with Crippen LogP contribution < -0.4 is 9.64 Å². The molecule has 4 nitrogen and oxygen atoms in total. The number of fused-ring (bicyclic) bond motifs is 2. The minimum atomic E-state index is 0.149. The van der Waals surface area contributed by atoms with Crippen molar-refractivity contribution in [1.29, 1.82) is 0 Å². The zero-order valence-electron chi connectivity index (χ0n) is 15.5. The molecule has 4 rings (SSSR count). The lowest BCUT2D eigenvalue weighted by Gasteiger charge is -2.30. The molecule has 4 heteroatoms. The third-order valence-electron chi connectivity index (χ3n) is 4.87. The van der Waals surface area contributed by atoms with Crippen LogP contribution in [0.25, 0.3) is 23.1 Å². The number of anilines is 1. The zero-order valence-corrected chi connectivity index (χ0v) is 15.5. The van der Waals surface area contributed by atoms with E-state index in [2.05, 4.69) is 53.4 Å². The van der Waals surface area contributed by atoms with Crippen molar-refractivity contribution in [2.45, 2.75) is 13.0 Å². The molecule has 1 aliphatic rings. The van der Waals surface area contributed by atoms with E-state index in [0.29, 0.717) is 12.1 Å². The van der Waals surface area contributed by atoms with Gasteiger partial charge in [-0.1, -0.05) is 36.4 Å². The fraction of sp³-hybridized carbons (Fsp3) is 0.174. The molecule has 0 bridgehead atoms. The average molecular weight is 358 g/mol. The number of benzene rings is 2. The third-order valence-corrected chi connectivity index (χ3v) is 4.87. The predicted molar refractivity (Wildman–Crippen MR) is 111 cm³/mol. The number of ether oxygens (including phenoxy) is 1. The highest BCUT2D eigenvalue weighted by atomic mass is 16.5. The van der Waals surface area contributed by atoms with E-state index >= 15 is 0 Å². The van der Waals surface area contributed by atoms with E-state index in [-0.39, 0.29) is 11.8 Å². The first kappa shape index (κ1) is 17.2. The molecule has 0 saturated carbocycles. The molecule has 136 valence electrons. The van der Waals surface area contributed by atoms with Crippen molar-refractivity contribution < 1.29 is 9.84 Å². The average Bonchev–Trinajstić information content (AvgIpc) is 2.68. The number of hydrogen-bond acceptors (Lipinski definition) is 4. The monoisotopic (exact) mass is 358 g/mol.